The molecule has 0 saturated heterocycles. The molecule has 0 N–H and O–H groups in total. The zero-order chi connectivity index (χ0) is 36.7. The van der Waals surface area contributed by atoms with Gasteiger partial charge in [-0.3, -0.25) is 9.80 Å². The Morgan fingerprint density at radius 2 is 1.11 bits per heavy atom. The number of para-hydroxylation sites is 4. The van der Waals surface area contributed by atoms with E-state index in [1.807, 2.05) is 105 Å². The Morgan fingerprint density at radius 1 is 0.618 bits per heavy atom. The monoisotopic (exact) mass is 911 g/mol. The zero-order valence-electron chi connectivity index (χ0n) is 31.4. The van der Waals surface area contributed by atoms with Crippen LogP contribution in [0.1, 0.15) is 53.4 Å². The van der Waals surface area contributed by atoms with Gasteiger partial charge in [-0.1, -0.05) is 89.7 Å². The number of benzene rings is 4. The first kappa shape index (κ1) is 41.0. The molecular formula is C45H50IrN8O-2. The summed E-state index contributed by atoms with van der Waals surface area (Å²) in [6.07, 6.45) is 5.26. The summed E-state index contributed by atoms with van der Waals surface area (Å²) < 4.78 is 6.21. The van der Waals surface area contributed by atoms with Crippen LogP contribution in [0.25, 0.3) is 0 Å². The molecule has 8 rings (SSSR count). The third kappa shape index (κ3) is 9.22. The first-order chi connectivity index (χ1) is 25.9. The molecule has 2 aromatic heterocycles. The van der Waals surface area contributed by atoms with Gasteiger partial charge < -0.3 is 14.5 Å². The van der Waals surface area contributed by atoms with Gasteiger partial charge in [-0.15, -0.1) is 12.4 Å². The van der Waals surface area contributed by atoms with Crippen molar-refractivity contribution in [3.05, 3.63) is 152 Å². The van der Waals surface area contributed by atoms with Gasteiger partial charge in [0.05, 0.1) is 23.8 Å². The maximum atomic E-state index is 6.21. The molecule has 1 unspecified atom stereocenters. The Morgan fingerprint density at radius 3 is 1.62 bits per heavy atom. The second-order valence-corrected chi connectivity index (χ2v) is 13.8. The predicted octanol–water partition coefficient (Wildman–Crippen LogP) is 10.8. The molecule has 4 heterocycles. The van der Waals surface area contributed by atoms with Crippen molar-refractivity contribution in [2.75, 3.05) is 26.2 Å². The summed E-state index contributed by atoms with van der Waals surface area (Å²) in [4.78, 5) is 27.8. The smallest absolute Gasteiger partial charge is 0.221 e. The van der Waals surface area contributed by atoms with Crippen LogP contribution in [-0.4, -0.2) is 32.9 Å². The van der Waals surface area contributed by atoms with Crippen molar-refractivity contribution in [3.63, 3.8) is 0 Å². The molecule has 1 radical (unpaired) electrons. The minimum absolute atomic E-state index is 0. The van der Waals surface area contributed by atoms with Crippen molar-refractivity contribution < 1.29 is 24.8 Å². The van der Waals surface area contributed by atoms with E-state index >= 15 is 0 Å². The maximum Gasteiger partial charge on any atom is 0.221 e. The van der Waals surface area contributed by atoms with E-state index in [2.05, 4.69) is 89.8 Å². The number of hydrogen-bond donors (Lipinski definition) is 0. The largest absolute Gasteiger partial charge is 0.477 e. The SMILES string of the molecule is C.CC(C)Cc1cnc2c(n1)N(c1[c-]cccc1)[CH-]N2c1ccccc1.CCOC1N(c2ccccc2)c2ncc(CC(C)C)nc2N1c1ccccc1.[Ir]. The van der Waals surface area contributed by atoms with Crippen LogP contribution in [0, 0.1) is 24.6 Å². The Bertz CT molecular complexity index is 2070. The summed E-state index contributed by atoms with van der Waals surface area (Å²) in [5.74, 6) is 4.42. The molecule has 0 aliphatic carbocycles. The minimum Gasteiger partial charge on any atom is -0.477 e. The molecule has 4 aromatic carbocycles. The predicted molar refractivity (Wildman–Crippen MR) is 221 cm³/mol. The van der Waals surface area contributed by atoms with Crippen LogP contribution in [0.3, 0.4) is 0 Å². The molecule has 6 aromatic rings. The van der Waals surface area contributed by atoms with E-state index in [9.17, 15) is 0 Å². The van der Waals surface area contributed by atoms with Gasteiger partial charge in [-0.25, -0.2) is 19.9 Å². The van der Waals surface area contributed by atoms with E-state index in [-0.39, 0.29) is 33.9 Å². The summed E-state index contributed by atoms with van der Waals surface area (Å²) >= 11 is 0. The van der Waals surface area contributed by atoms with E-state index in [1.165, 1.54) is 0 Å². The second kappa shape index (κ2) is 18.9. The van der Waals surface area contributed by atoms with Gasteiger partial charge in [-0.2, -0.15) is 30.3 Å². The van der Waals surface area contributed by atoms with Crippen LogP contribution >= 0.6 is 0 Å². The van der Waals surface area contributed by atoms with Crippen LogP contribution in [0.4, 0.5) is 46.0 Å². The zero-order valence-corrected chi connectivity index (χ0v) is 33.8. The quantitative estimate of drug-likeness (QED) is 0.125. The van der Waals surface area contributed by atoms with Gasteiger partial charge in [0.1, 0.15) is 11.6 Å². The van der Waals surface area contributed by atoms with Crippen LogP contribution in [0.5, 0.6) is 0 Å². The molecule has 2 aliphatic rings. The number of nitrogens with zero attached hydrogens (tertiary/aromatic N) is 8. The van der Waals surface area contributed by atoms with Gasteiger partial charge in [0.25, 0.3) is 0 Å². The summed E-state index contributed by atoms with van der Waals surface area (Å²) in [6, 6.07) is 41.9. The first-order valence-electron chi connectivity index (χ1n) is 18.4. The standard InChI is InChI=1S/C23H26N4O.C21H20N4.CH4.Ir/c1-4-28-23-26(19-11-7-5-8-12-19)21-22(25-18(16-24-21)15-17(2)3)27(23)20-13-9-6-10-14-20;1-16(2)13-17-14-22-20-21(23-17)25(19-11-7-4-8-12-19)15-24(20)18-9-5-3-6-10-18;;/h5-14,16-17,23H,4,15H2,1-3H3;3-11,14-16H,13H2,1-2H3;1H4;/q;-2;;. The van der Waals surface area contributed by atoms with Crippen LogP contribution in [0.15, 0.2) is 128 Å². The first-order valence-corrected chi connectivity index (χ1v) is 18.4. The van der Waals surface area contributed by atoms with Crippen molar-refractivity contribution in [3.8, 4) is 0 Å². The fraction of sp³-hybridized carbons (Fsp3) is 0.267. The molecule has 1 atom stereocenters. The van der Waals surface area contributed by atoms with Crippen LogP contribution < -0.4 is 19.6 Å². The number of rotatable bonds is 10. The second-order valence-electron chi connectivity index (χ2n) is 13.8. The molecule has 0 amide bonds. The molecule has 2 aliphatic heterocycles. The fourth-order valence-corrected chi connectivity index (χ4v) is 6.52. The number of aromatic nitrogens is 4. The number of hydrogen-bond acceptors (Lipinski definition) is 9. The normalized spacial score (nSPS) is 14.2. The van der Waals surface area contributed by atoms with Crippen molar-refractivity contribution in [2.24, 2.45) is 11.8 Å². The maximum absolute atomic E-state index is 6.21. The van der Waals surface area contributed by atoms with E-state index in [1.54, 1.807) is 0 Å². The Hall–Kier alpha value is -5.15. The summed E-state index contributed by atoms with van der Waals surface area (Å²) in [6.45, 7) is 13.4. The number of ether oxygens (including phenoxy) is 1. The minimum atomic E-state index is -0.334. The number of fused-ring (bicyclic) bond motifs is 2. The van der Waals surface area contributed by atoms with E-state index in [0.29, 0.717) is 18.4 Å². The third-order valence-corrected chi connectivity index (χ3v) is 8.76. The van der Waals surface area contributed by atoms with Gasteiger partial charge in [0.15, 0.2) is 11.6 Å². The molecule has 0 saturated carbocycles. The van der Waals surface area contributed by atoms with Gasteiger partial charge in [-0.05, 0) is 68.0 Å². The summed E-state index contributed by atoms with van der Waals surface area (Å²) in [7, 11) is 0. The van der Waals surface area contributed by atoms with Crippen LogP contribution in [0.2, 0.25) is 0 Å². The Labute approximate surface area is 340 Å². The molecule has 10 heteroatoms. The molecular weight excluding hydrogens is 861 g/mol. The van der Waals surface area contributed by atoms with E-state index < -0.39 is 0 Å². The average molecular weight is 911 g/mol. The summed E-state index contributed by atoms with van der Waals surface area (Å²) in [5, 5.41) is 0. The fourth-order valence-electron chi connectivity index (χ4n) is 6.52. The topological polar surface area (TPSA) is 73.8 Å². The molecule has 0 spiro atoms. The summed E-state index contributed by atoms with van der Waals surface area (Å²) in [5.41, 5.74) is 6.10. The molecule has 287 valence electrons. The van der Waals surface area contributed by atoms with Crippen molar-refractivity contribution in [1.29, 1.82) is 0 Å². The van der Waals surface area contributed by atoms with Crippen LogP contribution in [-0.2, 0) is 37.7 Å². The van der Waals surface area contributed by atoms with Crippen molar-refractivity contribution in [1.82, 2.24) is 19.9 Å². The molecule has 0 fully saturated rings. The molecule has 0 bridgehead atoms. The third-order valence-electron chi connectivity index (χ3n) is 8.76. The van der Waals surface area contributed by atoms with Gasteiger partial charge in [0, 0.05) is 43.8 Å². The van der Waals surface area contributed by atoms with Crippen molar-refractivity contribution in [2.45, 2.75) is 61.2 Å². The molecule has 9 nitrogen and oxygen atoms in total. The van der Waals surface area contributed by atoms with E-state index in [4.69, 9.17) is 24.7 Å². The average Bonchev–Trinajstić information content (AvgIpc) is 3.71. The van der Waals surface area contributed by atoms with Gasteiger partial charge in [0.2, 0.25) is 6.35 Å². The van der Waals surface area contributed by atoms with Crippen molar-refractivity contribution >= 4 is 46.0 Å². The van der Waals surface area contributed by atoms with Gasteiger partial charge >= 0.3 is 0 Å². The van der Waals surface area contributed by atoms with E-state index in [0.717, 1.165) is 70.3 Å². The Balaban J connectivity index is 0.000000205. The Kier molecular flexibility index (Phi) is 14.1. The molecule has 55 heavy (non-hydrogen) atoms. The number of anilines is 8.